The van der Waals surface area contributed by atoms with Crippen LogP contribution >= 0.6 is 0 Å². The van der Waals surface area contributed by atoms with Crippen molar-refractivity contribution >= 4 is 11.8 Å². The van der Waals surface area contributed by atoms with Crippen LogP contribution in [0.25, 0.3) is 0 Å². The fraction of sp³-hybridized carbons (Fsp3) is 0.556. The smallest absolute Gasteiger partial charge is 0.226 e. The lowest BCUT2D eigenvalue weighted by molar-refractivity contribution is 0.955. The molecule has 0 saturated heterocycles. The van der Waals surface area contributed by atoms with Crippen LogP contribution in [0.4, 0.5) is 11.8 Å². The maximum absolute atomic E-state index is 4.41. The molecule has 13 heavy (non-hydrogen) atoms. The number of nitrogens with zero attached hydrogens (tertiary/aromatic N) is 4. The summed E-state index contributed by atoms with van der Waals surface area (Å²) in [6.45, 7) is 2.01. The summed E-state index contributed by atoms with van der Waals surface area (Å²) in [5.41, 5.74) is 1.09. The van der Waals surface area contributed by atoms with Crippen molar-refractivity contribution in [3.05, 3.63) is 11.8 Å². The van der Waals surface area contributed by atoms with Crippen LogP contribution in [0.15, 0.2) is 6.20 Å². The molecule has 0 unspecified atom stereocenters. The molecule has 0 fully saturated rings. The molecule has 0 bridgehead atoms. The maximum Gasteiger partial charge on any atom is 0.226 e. The van der Waals surface area contributed by atoms with Gasteiger partial charge < -0.3 is 9.80 Å². The molecule has 0 aliphatic carbocycles. The van der Waals surface area contributed by atoms with Crippen molar-refractivity contribution in [2.75, 3.05) is 38.0 Å². The standard InChI is InChI=1S/C9H16N4/c1-7-6-10-9(13(4)5)11-8(7)12(2)3/h6H,1-5H3. The van der Waals surface area contributed by atoms with Crippen LogP contribution in [0.2, 0.25) is 0 Å². The van der Waals surface area contributed by atoms with Crippen molar-refractivity contribution in [3.8, 4) is 0 Å². The Bertz CT molecular complexity index is 294. The zero-order valence-corrected chi connectivity index (χ0v) is 8.87. The van der Waals surface area contributed by atoms with E-state index in [4.69, 9.17) is 0 Å². The molecular formula is C9H16N4. The predicted molar refractivity (Wildman–Crippen MR) is 55.4 cm³/mol. The fourth-order valence-corrected chi connectivity index (χ4v) is 1.09. The molecule has 0 spiro atoms. The summed E-state index contributed by atoms with van der Waals surface area (Å²) in [6.07, 6.45) is 1.84. The number of hydrogen-bond donors (Lipinski definition) is 0. The Hall–Kier alpha value is -1.32. The molecule has 0 aromatic carbocycles. The Morgan fingerprint density at radius 2 is 1.69 bits per heavy atom. The van der Waals surface area contributed by atoms with Gasteiger partial charge in [-0.25, -0.2) is 4.98 Å². The van der Waals surface area contributed by atoms with Crippen molar-refractivity contribution in [2.45, 2.75) is 6.92 Å². The minimum atomic E-state index is 0.745. The lowest BCUT2D eigenvalue weighted by Crippen LogP contribution is -2.17. The largest absolute Gasteiger partial charge is 0.362 e. The van der Waals surface area contributed by atoms with Gasteiger partial charge in [-0.1, -0.05) is 0 Å². The molecule has 0 saturated carbocycles. The van der Waals surface area contributed by atoms with E-state index >= 15 is 0 Å². The second-order valence-electron chi connectivity index (χ2n) is 3.47. The van der Waals surface area contributed by atoms with Gasteiger partial charge in [-0.2, -0.15) is 4.98 Å². The van der Waals surface area contributed by atoms with Gasteiger partial charge in [0.25, 0.3) is 0 Å². The lowest BCUT2D eigenvalue weighted by Gasteiger charge is -2.17. The van der Waals surface area contributed by atoms with Crippen LogP contribution in [-0.4, -0.2) is 38.2 Å². The summed E-state index contributed by atoms with van der Waals surface area (Å²) in [6, 6.07) is 0. The molecule has 0 N–H and O–H groups in total. The fourth-order valence-electron chi connectivity index (χ4n) is 1.09. The summed E-state index contributed by atoms with van der Waals surface area (Å²) in [7, 11) is 7.83. The van der Waals surface area contributed by atoms with Gasteiger partial charge in [-0.3, -0.25) is 0 Å². The van der Waals surface area contributed by atoms with Crippen molar-refractivity contribution in [1.29, 1.82) is 0 Å². The monoisotopic (exact) mass is 180 g/mol. The molecule has 0 atom stereocenters. The van der Waals surface area contributed by atoms with Crippen LogP contribution in [0.3, 0.4) is 0 Å². The average Bonchev–Trinajstić information content (AvgIpc) is 2.04. The van der Waals surface area contributed by atoms with E-state index in [0.717, 1.165) is 17.3 Å². The molecule has 72 valence electrons. The molecule has 4 heteroatoms. The quantitative estimate of drug-likeness (QED) is 0.677. The first-order chi connectivity index (χ1) is 6.02. The van der Waals surface area contributed by atoms with E-state index in [1.54, 1.807) is 0 Å². The molecule has 1 rings (SSSR count). The summed E-state index contributed by atoms with van der Waals surface area (Å²) in [5, 5.41) is 0. The van der Waals surface area contributed by atoms with Crippen LogP contribution < -0.4 is 9.80 Å². The van der Waals surface area contributed by atoms with Gasteiger partial charge in [0.1, 0.15) is 5.82 Å². The highest BCUT2D eigenvalue weighted by molar-refractivity contribution is 5.47. The number of anilines is 2. The molecule has 1 aromatic rings. The van der Waals surface area contributed by atoms with E-state index in [-0.39, 0.29) is 0 Å². The first-order valence-electron chi connectivity index (χ1n) is 4.20. The second-order valence-corrected chi connectivity index (χ2v) is 3.47. The Balaban J connectivity index is 3.11. The highest BCUT2D eigenvalue weighted by Gasteiger charge is 2.06. The highest BCUT2D eigenvalue weighted by atomic mass is 15.3. The molecule has 1 aromatic heterocycles. The zero-order valence-electron chi connectivity index (χ0n) is 8.87. The van der Waals surface area contributed by atoms with Crippen molar-refractivity contribution in [2.24, 2.45) is 0 Å². The molecular weight excluding hydrogens is 164 g/mol. The number of aryl methyl sites for hydroxylation is 1. The second kappa shape index (κ2) is 3.60. The summed E-state index contributed by atoms with van der Waals surface area (Å²) in [5.74, 6) is 1.72. The predicted octanol–water partition coefficient (Wildman–Crippen LogP) is 0.917. The molecule has 0 aliphatic heterocycles. The third-order valence-corrected chi connectivity index (χ3v) is 1.76. The van der Waals surface area contributed by atoms with Gasteiger partial charge in [0.2, 0.25) is 5.95 Å². The van der Waals surface area contributed by atoms with Gasteiger partial charge in [0.05, 0.1) is 0 Å². The van der Waals surface area contributed by atoms with E-state index in [9.17, 15) is 0 Å². The molecule has 0 aliphatic rings. The first-order valence-corrected chi connectivity index (χ1v) is 4.20. The Morgan fingerprint density at radius 1 is 1.08 bits per heavy atom. The van der Waals surface area contributed by atoms with Crippen LogP contribution in [0.5, 0.6) is 0 Å². The maximum atomic E-state index is 4.41. The van der Waals surface area contributed by atoms with Gasteiger partial charge in [0, 0.05) is 40.0 Å². The van der Waals surface area contributed by atoms with E-state index in [1.165, 1.54) is 0 Å². The van der Waals surface area contributed by atoms with E-state index in [1.807, 2.05) is 51.1 Å². The van der Waals surface area contributed by atoms with Gasteiger partial charge in [-0.05, 0) is 6.92 Å². The van der Waals surface area contributed by atoms with E-state index < -0.39 is 0 Å². The average molecular weight is 180 g/mol. The SMILES string of the molecule is Cc1cnc(N(C)C)nc1N(C)C. The van der Waals surface area contributed by atoms with Crippen LogP contribution in [0.1, 0.15) is 5.56 Å². The van der Waals surface area contributed by atoms with Gasteiger partial charge in [0.15, 0.2) is 0 Å². The molecule has 0 radical (unpaired) electrons. The van der Waals surface area contributed by atoms with Crippen molar-refractivity contribution in [3.63, 3.8) is 0 Å². The van der Waals surface area contributed by atoms with Gasteiger partial charge in [-0.15, -0.1) is 0 Å². The third-order valence-electron chi connectivity index (χ3n) is 1.76. The highest BCUT2D eigenvalue weighted by Crippen LogP contribution is 2.15. The minimum absolute atomic E-state index is 0.745. The number of rotatable bonds is 2. The summed E-state index contributed by atoms with van der Waals surface area (Å²) < 4.78 is 0. The zero-order chi connectivity index (χ0) is 10.0. The summed E-state index contributed by atoms with van der Waals surface area (Å²) in [4.78, 5) is 12.5. The lowest BCUT2D eigenvalue weighted by atomic mass is 10.3. The Kier molecular flexibility index (Phi) is 2.70. The molecule has 1 heterocycles. The Labute approximate surface area is 79.2 Å². The van der Waals surface area contributed by atoms with Gasteiger partial charge >= 0.3 is 0 Å². The number of aromatic nitrogens is 2. The minimum Gasteiger partial charge on any atom is -0.362 e. The molecule has 0 amide bonds. The Morgan fingerprint density at radius 3 is 2.15 bits per heavy atom. The third kappa shape index (κ3) is 2.08. The first kappa shape index (κ1) is 9.77. The molecule has 4 nitrogen and oxygen atoms in total. The number of hydrogen-bond acceptors (Lipinski definition) is 4. The summed E-state index contributed by atoms with van der Waals surface area (Å²) >= 11 is 0. The normalized spacial score (nSPS) is 9.92. The van der Waals surface area contributed by atoms with E-state index in [2.05, 4.69) is 9.97 Å². The topological polar surface area (TPSA) is 32.3 Å². The van der Waals surface area contributed by atoms with Crippen molar-refractivity contribution in [1.82, 2.24) is 9.97 Å². The van der Waals surface area contributed by atoms with E-state index in [0.29, 0.717) is 0 Å². The van der Waals surface area contributed by atoms with Crippen LogP contribution in [-0.2, 0) is 0 Å². The van der Waals surface area contributed by atoms with Crippen LogP contribution in [0, 0.1) is 6.92 Å². The van der Waals surface area contributed by atoms with Crippen molar-refractivity contribution < 1.29 is 0 Å².